The van der Waals surface area contributed by atoms with Crippen LogP contribution in [0.2, 0.25) is 5.02 Å². The Morgan fingerprint density at radius 3 is 2.78 bits per heavy atom. The Kier molecular flexibility index (Phi) is 4.35. The summed E-state index contributed by atoms with van der Waals surface area (Å²) in [7, 11) is 0. The summed E-state index contributed by atoms with van der Waals surface area (Å²) in [4.78, 5) is 16.6. The molecule has 2 nitrogen and oxygen atoms in total. The summed E-state index contributed by atoms with van der Waals surface area (Å²) >= 11 is 8.09. The molecule has 0 bridgehead atoms. The zero-order valence-electron chi connectivity index (χ0n) is 9.73. The third kappa shape index (κ3) is 2.90. The van der Waals surface area contributed by atoms with Gasteiger partial charge in [-0.15, -0.1) is 0 Å². The van der Waals surface area contributed by atoms with E-state index in [9.17, 15) is 4.79 Å². The molecule has 0 fully saturated rings. The number of aromatic nitrogens is 1. The minimum Gasteiger partial charge on any atom is -0.293 e. The topological polar surface area (TPSA) is 30.0 Å². The first-order chi connectivity index (χ1) is 8.59. The third-order valence-corrected chi connectivity index (χ3v) is 3.89. The number of hydrogen-bond acceptors (Lipinski definition) is 2. The Labute approximate surface area is 125 Å². The van der Waals surface area contributed by atoms with Crippen LogP contribution in [0.1, 0.15) is 28.9 Å². The smallest absolute Gasteiger partial charge is 0.172 e. The number of carbonyl (C=O) groups excluding carboxylic acids is 1. The lowest BCUT2D eigenvalue weighted by Gasteiger charge is -2.11. The molecule has 0 aliphatic carbocycles. The molecular weight excluding hydrogens is 361 g/mol. The van der Waals surface area contributed by atoms with Gasteiger partial charge in [-0.25, -0.2) is 0 Å². The first-order valence-corrected chi connectivity index (χ1v) is 6.95. The Hall–Kier alpha value is -0.940. The predicted octanol–water partition coefficient (Wildman–Crippen LogP) is 4.33. The van der Waals surface area contributed by atoms with Gasteiger partial charge in [-0.2, -0.15) is 0 Å². The molecule has 1 heterocycles. The van der Waals surface area contributed by atoms with Crippen LogP contribution in [0.5, 0.6) is 0 Å². The highest BCUT2D eigenvalue weighted by Gasteiger charge is 2.20. The number of rotatable bonds is 3. The normalized spacial score (nSPS) is 12.2. The molecule has 1 atom stereocenters. The van der Waals surface area contributed by atoms with Crippen LogP contribution in [0.4, 0.5) is 0 Å². The van der Waals surface area contributed by atoms with E-state index in [-0.39, 0.29) is 11.7 Å². The van der Waals surface area contributed by atoms with Gasteiger partial charge in [0.1, 0.15) is 0 Å². The summed E-state index contributed by atoms with van der Waals surface area (Å²) in [5, 5.41) is 0.576. The van der Waals surface area contributed by atoms with Gasteiger partial charge in [0.15, 0.2) is 5.78 Å². The highest BCUT2D eigenvalue weighted by atomic mass is 127. The van der Waals surface area contributed by atoms with Crippen LogP contribution in [0, 0.1) is 3.57 Å². The number of benzene rings is 1. The molecular formula is C14H11ClINO. The summed E-state index contributed by atoms with van der Waals surface area (Å²) in [5.74, 6) is -0.223. The molecule has 1 unspecified atom stereocenters. The molecule has 18 heavy (non-hydrogen) atoms. The second-order valence-electron chi connectivity index (χ2n) is 3.96. The Morgan fingerprint density at radius 2 is 2.11 bits per heavy atom. The van der Waals surface area contributed by atoms with Crippen molar-refractivity contribution in [2.75, 3.05) is 0 Å². The van der Waals surface area contributed by atoms with Crippen molar-refractivity contribution in [3.63, 3.8) is 0 Å². The number of Topliss-reactive ketones (excluding diaryl/α,β-unsaturated/α-hetero) is 1. The van der Waals surface area contributed by atoms with Crippen LogP contribution >= 0.6 is 34.2 Å². The quantitative estimate of drug-likeness (QED) is 0.594. The predicted molar refractivity (Wildman–Crippen MR) is 81.2 cm³/mol. The molecule has 0 N–H and O–H groups in total. The lowest BCUT2D eigenvalue weighted by atomic mass is 9.96. The zero-order chi connectivity index (χ0) is 13.1. The summed E-state index contributed by atoms with van der Waals surface area (Å²) in [6, 6.07) is 10.9. The first-order valence-electron chi connectivity index (χ1n) is 5.50. The third-order valence-electron chi connectivity index (χ3n) is 2.72. The van der Waals surface area contributed by atoms with E-state index in [0.29, 0.717) is 10.6 Å². The van der Waals surface area contributed by atoms with Gasteiger partial charge in [-0.1, -0.05) is 17.7 Å². The molecule has 0 saturated carbocycles. The number of ketones is 1. The fourth-order valence-corrected chi connectivity index (χ4v) is 2.46. The molecule has 0 aliphatic heterocycles. The van der Waals surface area contributed by atoms with Crippen molar-refractivity contribution in [3.05, 3.63) is 62.4 Å². The van der Waals surface area contributed by atoms with E-state index in [2.05, 4.69) is 27.6 Å². The maximum absolute atomic E-state index is 12.4. The van der Waals surface area contributed by atoms with Crippen molar-refractivity contribution in [1.29, 1.82) is 0 Å². The van der Waals surface area contributed by atoms with Crippen molar-refractivity contribution in [2.24, 2.45) is 0 Å². The average molecular weight is 372 g/mol. The summed E-state index contributed by atoms with van der Waals surface area (Å²) in [5.41, 5.74) is 1.43. The number of halogens is 2. The van der Waals surface area contributed by atoms with Crippen LogP contribution < -0.4 is 0 Å². The number of pyridine rings is 1. The molecule has 4 heteroatoms. The number of nitrogens with zero attached hydrogens (tertiary/aromatic N) is 1. The van der Waals surface area contributed by atoms with E-state index in [1.807, 2.05) is 31.2 Å². The van der Waals surface area contributed by atoms with E-state index in [4.69, 9.17) is 11.6 Å². The van der Waals surface area contributed by atoms with Crippen LogP contribution in [0.25, 0.3) is 0 Å². The average Bonchev–Trinajstić information content (AvgIpc) is 2.41. The van der Waals surface area contributed by atoms with Crippen molar-refractivity contribution in [2.45, 2.75) is 12.8 Å². The molecule has 1 aromatic heterocycles. The van der Waals surface area contributed by atoms with E-state index >= 15 is 0 Å². The molecule has 0 amide bonds. The van der Waals surface area contributed by atoms with Crippen molar-refractivity contribution in [1.82, 2.24) is 4.98 Å². The van der Waals surface area contributed by atoms with Crippen molar-refractivity contribution < 1.29 is 4.79 Å². The minimum absolute atomic E-state index is 0.0422. The minimum atomic E-state index is -0.266. The van der Waals surface area contributed by atoms with Crippen LogP contribution in [0.15, 0.2) is 42.6 Å². The van der Waals surface area contributed by atoms with Crippen LogP contribution in [-0.4, -0.2) is 10.8 Å². The van der Waals surface area contributed by atoms with Gasteiger partial charge >= 0.3 is 0 Å². The van der Waals surface area contributed by atoms with E-state index < -0.39 is 0 Å². The molecule has 1 aromatic carbocycles. The molecule has 92 valence electrons. The fourth-order valence-electron chi connectivity index (χ4n) is 1.69. The monoisotopic (exact) mass is 371 g/mol. The lowest BCUT2D eigenvalue weighted by Crippen LogP contribution is -2.12. The molecule has 2 aromatic rings. The number of hydrogen-bond donors (Lipinski definition) is 0. The standard InChI is InChI=1S/C14H11ClINO/c1-9(13-4-2-3-7-17-13)14(18)11-8-10(15)5-6-12(11)16/h2-9H,1H3. The zero-order valence-corrected chi connectivity index (χ0v) is 12.6. The van der Waals surface area contributed by atoms with E-state index in [1.165, 1.54) is 0 Å². The molecule has 2 rings (SSSR count). The summed E-state index contributed by atoms with van der Waals surface area (Å²) in [6.07, 6.45) is 1.70. The molecule has 0 saturated heterocycles. The molecule has 0 spiro atoms. The maximum atomic E-state index is 12.4. The number of carbonyl (C=O) groups is 1. The van der Waals surface area contributed by atoms with Gasteiger partial charge in [-0.3, -0.25) is 9.78 Å². The summed E-state index contributed by atoms with van der Waals surface area (Å²) in [6.45, 7) is 1.86. The van der Waals surface area contributed by atoms with Gasteiger partial charge < -0.3 is 0 Å². The maximum Gasteiger partial charge on any atom is 0.172 e. The highest BCUT2D eigenvalue weighted by molar-refractivity contribution is 14.1. The second kappa shape index (κ2) is 5.80. The fraction of sp³-hybridized carbons (Fsp3) is 0.143. The van der Waals surface area contributed by atoms with Crippen molar-refractivity contribution in [3.8, 4) is 0 Å². The van der Waals surface area contributed by atoms with Gasteiger partial charge in [-0.05, 0) is 59.8 Å². The Balaban J connectivity index is 2.34. The molecule has 0 aliphatic rings. The summed E-state index contributed by atoms with van der Waals surface area (Å²) < 4.78 is 0.907. The van der Waals surface area contributed by atoms with Crippen molar-refractivity contribution >= 4 is 40.0 Å². The van der Waals surface area contributed by atoms with Crippen LogP contribution in [-0.2, 0) is 0 Å². The first kappa shape index (κ1) is 13.5. The van der Waals surface area contributed by atoms with Crippen LogP contribution in [0.3, 0.4) is 0 Å². The van der Waals surface area contributed by atoms with Gasteiger partial charge in [0.2, 0.25) is 0 Å². The largest absolute Gasteiger partial charge is 0.293 e. The SMILES string of the molecule is CC(C(=O)c1cc(Cl)ccc1I)c1ccccn1. The van der Waals surface area contributed by atoms with Gasteiger partial charge in [0.25, 0.3) is 0 Å². The van der Waals surface area contributed by atoms with E-state index in [1.54, 1.807) is 18.3 Å². The Bertz CT molecular complexity index is 571. The second-order valence-corrected chi connectivity index (χ2v) is 5.56. The lowest BCUT2D eigenvalue weighted by molar-refractivity contribution is 0.0963. The Morgan fingerprint density at radius 1 is 1.33 bits per heavy atom. The van der Waals surface area contributed by atoms with Gasteiger partial charge in [0.05, 0.1) is 11.6 Å². The van der Waals surface area contributed by atoms with E-state index in [0.717, 1.165) is 9.26 Å². The molecule has 0 radical (unpaired) electrons. The highest BCUT2D eigenvalue weighted by Crippen LogP contribution is 2.24. The van der Waals surface area contributed by atoms with Gasteiger partial charge in [0, 0.05) is 20.4 Å².